The topological polar surface area (TPSA) is 71.1 Å². The van der Waals surface area contributed by atoms with E-state index in [2.05, 4.69) is 0 Å². The van der Waals surface area contributed by atoms with Crippen molar-refractivity contribution in [1.29, 1.82) is 0 Å². The maximum atomic E-state index is 13.8. The van der Waals surface area contributed by atoms with E-state index < -0.39 is 11.8 Å². The third-order valence-corrected chi connectivity index (χ3v) is 4.66. The summed E-state index contributed by atoms with van der Waals surface area (Å²) < 4.78 is 35.2. The van der Waals surface area contributed by atoms with Gasteiger partial charge in [-0.15, -0.1) is 0 Å². The molecule has 0 aromatic heterocycles. The van der Waals surface area contributed by atoms with E-state index >= 15 is 0 Å². The van der Waals surface area contributed by atoms with Crippen LogP contribution in [0.15, 0.2) is 66.4 Å². The molecule has 0 atom stereocenters. The van der Waals surface area contributed by atoms with Crippen LogP contribution in [-0.2, 0) is 0 Å². The Balaban J connectivity index is 1.58. The zero-order valence-electron chi connectivity index (χ0n) is 16.7. The van der Waals surface area contributed by atoms with Crippen LogP contribution < -0.4 is 18.9 Å². The number of hydrogen-bond acceptors (Lipinski definition) is 6. The number of hydrogen-bond donors (Lipinski definition) is 0. The summed E-state index contributed by atoms with van der Waals surface area (Å²) in [6.07, 6.45) is 1.56. The van der Waals surface area contributed by atoms with Crippen LogP contribution in [-0.4, -0.2) is 26.0 Å². The molecule has 3 aromatic rings. The lowest BCUT2D eigenvalue weighted by Crippen LogP contribution is -2.11. The van der Waals surface area contributed by atoms with Gasteiger partial charge in [0, 0.05) is 6.07 Å². The number of benzene rings is 3. The first-order valence-corrected chi connectivity index (χ1v) is 9.27. The molecule has 1 heterocycles. The summed E-state index contributed by atoms with van der Waals surface area (Å²) in [6.45, 7) is 0. The largest absolute Gasteiger partial charge is 0.497 e. The fourth-order valence-electron chi connectivity index (χ4n) is 3.09. The summed E-state index contributed by atoms with van der Waals surface area (Å²) in [5.41, 5.74) is 0.842. The normalized spacial score (nSPS) is 13.5. The van der Waals surface area contributed by atoms with E-state index in [1.54, 1.807) is 42.5 Å². The van der Waals surface area contributed by atoms with E-state index in [0.717, 1.165) is 0 Å². The van der Waals surface area contributed by atoms with Crippen molar-refractivity contribution in [3.05, 3.63) is 88.9 Å². The number of allylic oxidation sites excluding steroid dienone is 1. The highest BCUT2D eigenvalue weighted by molar-refractivity contribution is 6.14. The van der Waals surface area contributed by atoms with Gasteiger partial charge in [-0.3, -0.25) is 4.79 Å². The van der Waals surface area contributed by atoms with Gasteiger partial charge in [0.05, 0.1) is 25.3 Å². The van der Waals surface area contributed by atoms with Gasteiger partial charge in [-0.25, -0.2) is 9.18 Å². The molecule has 0 saturated heterocycles. The SMILES string of the molecule is COc1ccc2c(c1)O/C(=C\c1ccc(OC(=O)c3ccccc3F)c(OC)c1)C2=O. The average molecular weight is 420 g/mol. The van der Waals surface area contributed by atoms with Crippen molar-refractivity contribution >= 4 is 17.8 Å². The lowest BCUT2D eigenvalue weighted by atomic mass is 10.1. The summed E-state index contributed by atoms with van der Waals surface area (Å²) in [4.78, 5) is 24.9. The predicted molar refractivity (Wildman–Crippen MR) is 110 cm³/mol. The van der Waals surface area contributed by atoms with Crippen LogP contribution in [0.4, 0.5) is 4.39 Å². The molecule has 1 aliphatic heterocycles. The lowest BCUT2D eigenvalue weighted by molar-refractivity contribution is 0.0724. The first kappa shape index (κ1) is 20.2. The zero-order chi connectivity index (χ0) is 22.0. The molecule has 0 saturated carbocycles. The van der Waals surface area contributed by atoms with Crippen molar-refractivity contribution in [3.8, 4) is 23.0 Å². The summed E-state index contributed by atoms with van der Waals surface area (Å²) in [6, 6.07) is 15.2. The highest BCUT2D eigenvalue weighted by Gasteiger charge is 2.28. The van der Waals surface area contributed by atoms with Crippen LogP contribution in [0.1, 0.15) is 26.3 Å². The van der Waals surface area contributed by atoms with Crippen molar-refractivity contribution in [1.82, 2.24) is 0 Å². The van der Waals surface area contributed by atoms with Crippen LogP contribution in [0.25, 0.3) is 6.08 Å². The number of halogens is 1. The molecule has 0 spiro atoms. The minimum atomic E-state index is -0.846. The molecule has 0 radical (unpaired) electrons. The van der Waals surface area contributed by atoms with Crippen LogP contribution in [0.3, 0.4) is 0 Å². The molecule has 0 N–H and O–H groups in total. The smallest absolute Gasteiger partial charge is 0.346 e. The lowest BCUT2D eigenvalue weighted by Gasteiger charge is -2.10. The van der Waals surface area contributed by atoms with Crippen LogP contribution in [0.2, 0.25) is 0 Å². The van der Waals surface area contributed by atoms with Crippen LogP contribution in [0, 0.1) is 5.82 Å². The minimum absolute atomic E-state index is 0.115. The van der Waals surface area contributed by atoms with Gasteiger partial charge in [0.2, 0.25) is 5.78 Å². The Morgan fingerprint density at radius 3 is 2.52 bits per heavy atom. The molecule has 3 aromatic carbocycles. The average Bonchev–Trinajstić information content (AvgIpc) is 3.09. The molecule has 0 unspecified atom stereocenters. The Hall–Kier alpha value is -4.13. The number of carbonyl (C=O) groups excluding carboxylic acids is 2. The maximum Gasteiger partial charge on any atom is 0.346 e. The molecule has 4 rings (SSSR count). The first-order chi connectivity index (χ1) is 15.0. The number of fused-ring (bicyclic) bond motifs is 1. The van der Waals surface area contributed by atoms with E-state index in [4.69, 9.17) is 18.9 Å². The number of carbonyl (C=O) groups is 2. The van der Waals surface area contributed by atoms with Gasteiger partial charge < -0.3 is 18.9 Å². The zero-order valence-corrected chi connectivity index (χ0v) is 16.7. The quantitative estimate of drug-likeness (QED) is 0.339. The number of methoxy groups -OCH3 is 2. The summed E-state index contributed by atoms with van der Waals surface area (Å²) in [5.74, 6) is -0.294. The number of esters is 1. The monoisotopic (exact) mass is 420 g/mol. The minimum Gasteiger partial charge on any atom is -0.497 e. The fraction of sp³-hybridized carbons (Fsp3) is 0.0833. The summed E-state index contributed by atoms with van der Waals surface area (Å²) in [7, 11) is 2.94. The Morgan fingerprint density at radius 2 is 1.77 bits per heavy atom. The molecular formula is C24H17FO6. The van der Waals surface area contributed by atoms with Crippen LogP contribution >= 0.6 is 0 Å². The van der Waals surface area contributed by atoms with Crippen LogP contribution in [0.5, 0.6) is 23.0 Å². The van der Waals surface area contributed by atoms with Gasteiger partial charge in [0.15, 0.2) is 17.3 Å². The predicted octanol–water partition coefficient (Wildman–Crippen LogP) is 4.68. The van der Waals surface area contributed by atoms with Gasteiger partial charge in [-0.1, -0.05) is 18.2 Å². The van der Waals surface area contributed by atoms with Crippen molar-refractivity contribution in [3.63, 3.8) is 0 Å². The van der Waals surface area contributed by atoms with E-state index in [0.29, 0.717) is 22.6 Å². The Labute approximate surface area is 177 Å². The highest BCUT2D eigenvalue weighted by atomic mass is 19.1. The maximum absolute atomic E-state index is 13.8. The van der Waals surface area contributed by atoms with Crippen molar-refractivity contribution in [2.24, 2.45) is 0 Å². The van der Waals surface area contributed by atoms with E-state index in [1.807, 2.05) is 0 Å². The molecule has 0 bridgehead atoms. The van der Waals surface area contributed by atoms with Gasteiger partial charge >= 0.3 is 5.97 Å². The molecule has 7 heteroatoms. The second-order valence-electron chi connectivity index (χ2n) is 6.58. The van der Waals surface area contributed by atoms with Gasteiger partial charge in [-0.05, 0) is 48.0 Å². The van der Waals surface area contributed by atoms with Crippen molar-refractivity contribution in [2.75, 3.05) is 14.2 Å². The second-order valence-corrected chi connectivity index (χ2v) is 6.58. The molecule has 31 heavy (non-hydrogen) atoms. The molecular weight excluding hydrogens is 403 g/mol. The number of ether oxygens (including phenoxy) is 4. The van der Waals surface area contributed by atoms with E-state index in [9.17, 15) is 14.0 Å². The summed E-state index contributed by atoms with van der Waals surface area (Å²) >= 11 is 0. The van der Waals surface area contributed by atoms with Gasteiger partial charge in [0.25, 0.3) is 0 Å². The highest BCUT2D eigenvalue weighted by Crippen LogP contribution is 2.36. The van der Waals surface area contributed by atoms with E-state index in [-0.39, 0.29) is 28.6 Å². The Bertz CT molecular complexity index is 1210. The van der Waals surface area contributed by atoms with Crippen molar-refractivity contribution < 1.29 is 32.9 Å². The van der Waals surface area contributed by atoms with E-state index in [1.165, 1.54) is 38.5 Å². The number of ketones is 1. The van der Waals surface area contributed by atoms with Gasteiger partial charge in [0.1, 0.15) is 17.3 Å². The Kier molecular flexibility index (Phi) is 5.41. The molecule has 0 fully saturated rings. The first-order valence-electron chi connectivity index (χ1n) is 9.27. The van der Waals surface area contributed by atoms with Gasteiger partial charge in [-0.2, -0.15) is 0 Å². The summed E-state index contributed by atoms with van der Waals surface area (Å²) in [5, 5.41) is 0. The molecule has 1 aliphatic rings. The number of Topliss-reactive ketones (excluding diaryl/α,β-unsaturated/α-hetero) is 1. The second kappa shape index (κ2) is 8.31. The third kappa shape index (κ3) is 3.98. The molecule has 0 aliphatic carbocycles. The molecule has 156 valence electrons. The molecule has 0 amide bonds. The third-order valence-electron chi connectivity index (χ3n) is 4.66. The standard InChI is InChI=1S/C24H17FO6/c1-28-15-8-9-17-20(13-15)30-22(23(17)26)12-14-7-10-19(21(11-14)29-2)31-24(27)16-5-3-4-6-18(16)25/h3-13H,1-2H3/b22-12-. The number of rotatable bonds is 5. The fourth-order valence-corrected chi connectivity index (χ4v) is 3.09. The van der Waals surface area contributed by atoms with Crippen molar-refractivity contribution in [2.45, 2.75) is 0 Å². The Morgan fingerprint density at radius 1 is 0.968 bits per heavy atom. The molecule has 6 nitrogen and oxygen atoms in total.